The normalized spacial score (nSPS) is 28.1. The first kappa shape index (κ1) is 11.1. The molecule has 1 aromatic rings. The maximum atomic E-state index is 3.62. The Morgan fingerprint density at radius 3 is 3.13 bits per heavy atom. The molecular formula is C12H20N2S. The Labute approximate surface area is 96.3 Å². The van der Waals surface area contributed by atoms with E-state index in [1.165, 1.54) is 25.1 Å². The smallest absolute Gasteiger partial charge is 0.0278 e. The van der Waals surface area contributed by atoms with Gasteiger partial charge in [-0.15, -0.1) is 0 Å². The van der Waals surface area contributed by atoms with Crippen LogP contribution in [0.15, 0.2) is 16.8 Å². The van der Waals surface area contributed by atoms with Crippen LogP contribution >= 0.6 is 11.3 Å². The third kappa shape index (κ3) is 2.80. The van der Waals surface area contributed by atoms with E-state index in [1.807, 2.05) is 0 Å². The van der Waals surface area contributed by atoms with Crippen molar-refractivity contribution in [3.63, 3.8) is 0 Å². The van der Waals surface area contributed by atoms with Gasteiger partial charge in [0, 0.05) is 31.7 Å². The van der Waals surface area contributed by atoms with Crippen LogP contribution in [0, 0.1) is 0 Å². The first-order chi connectivity index (χ1) is 7.22. The average molecular weight is 224 g/mol. The summed E-state index contributed by atoms with van der Waals surface area (Å²) in [5.41, 5.74) is 1.77. The van der Waals surface area contributed by atoms with Crippen LogP contribution in [0.2, 0.25) is 0 Å². The Morgan fingerprint density at radius 1 is 1.60 bits per heavy atom. The molecule has 1 aromatic heterocycles. The topological polar surface area (TPSA) is 15.3 Å². The van der Waals surface area contributed by atoms with Crippen molar-refractivity contribution in [2.75, 3.05) is 19.6 Å². The number of piperazine rings is 1. The number of thiophene rings is 1. The molecule has 1 saturated heterocycles. The molecule has 1 atom stereocenters. The molecule has 1 aliphatic rings. The Morgan fingerprint density at radius 2 is 2.47 bits per heavy atom. The van der Waals surface area contributed by atoms with Gasteiger partial charge in [-0.1, -0.05) is 6.92 Å². The van der Waals surface area contributed by atoms with E-state index in [0.29, 0.717) is 5.54 Å². The third-order valence-electron chi connectivity index (χ3n) is 3.32. The van der Waals surface area contributed by atoms with Gasteiger partial charge in [-0.05, 0) is 35.7 Å². The van der Waals surface area contributed by atoms with Gasteiger partial charge in [0.1, 0.15) is 0 Å². The number of rotatable bonds is 3. The molecule has 2 heterocycles. The lowest BCUT2D eigenvalue weighted by atomic mass is 9.96. The fourth-order valence-corrected chi connectivity index (χ4v) is 2.82. The lowest BCUT2D eigenvalue weighted by molar-refractivity contribution is 0.134. The van der Waals surface area contributed by atoms with Gasteiger partial charge >= 0.3 is 0 Å². The number of hydrogen-bond donors (Lipinski definition) is 1. The van der Waals surface area contributed by atoms with Gasteiger partial charge in [0.15, 0.2) is 0 Å². The zero-order valence-corrected chi connectivity index (χ0v) is 10.4. The van der Waals surface area contributed by atoms with Gasteiger partial charge in [-0.25, -0.2) is 0 Å². The van der Waals surface area contributed by atoms with Gasteiger partial charge in [0.05, 0.1) is 0 Å². The Bertz CT molecular complexity index is 297. The molecular weight excluding hydrogens is 204 g/mol. The van der Waals surface area contributed by atoms with E-state index in [1.54, 1.807) is 11.3 Å². The highest BCUT2D eigenvalue weighted by atomic mass is 32.1. The van der Waals surface area contributed by atoms with Crippen molar-refractivity contribution >= 4 is 11.3 Å². The molecule has 84 valence electrons. The molecule has 0 bridgehead atoms. The monoisotopic (exact) mass is 224 g/mol. The molecule has 15 heavy (non-hydrogen) atoms. The molecule has 1 unspecified atom stereocenters. The van der Waals surface area contributed by atoms with E-state index in [0.717, 1.165) is 13.1 Å². The second-order valence-electron chi connectivity index (χ2n) is 4.68. The van der Waals surface area contributed by atoms with Crippen LogP contribution in [-0.4, -0.2) is 30.1 Å². The van der Waals surface area contributed by atoms with Crippen molar-refractivity contribution < 1.29 is 0 Å². The Kier molecular flexibility index (Phi) is 3.44. The quantitative estimate of drug-likeness (QED) is 0.847. The Hall–Kier alpha value is -0.380. The molecule has 1 N–H and O–H groups in total. The van der Waals surface area contributed by atoms with Gasteiger partial charge < -0.3 is 5.32 Å². The predicted octanol–water partition coefficient (Wildman–Crippen LogP) is 2.32. The van der Waals surface area contributed by atoms with Crippen LogP contribution < -0.4 is 5.32 Å². The SMILES string of the molecule is CCC1(C)CN(Cc2ccsc2)CCN1. The van der Waals surface area contributed by atoms with Gasteiger partial charge in [0.25, 0.3) is 0 Å². The number of nitrogens with one attached hydrogen (secondary N) is 1. The molecule has 0 spiro atoms. The molecule has 3 heteroatoms. The summed E-state index contributed by atoms with van der Waals surface area (Å²) in [6.45, 7) is 9.16. The first-order valence-electron chi connectivity index (χ1n) is 5.70. The molecule has 1 fully saturated rings. The van der Waals surface area contributed by atoms with E-state index >= 15 is 0 Å². The van der Waals surface area contributed by atoms with E-state index in [2.05, 4.69) is 40.9 Å². The fourth-order valence-electron chi connectivity index (χ4n) is 2.16. The first-order valence-corrected chi connectivity index (χ1v) is 6.64. The molecule has 0 aromatic carbocycles. The van der Waals surface area contributed by atoms with Crippen LogP contribution in [0.5, 0.6) is 0 Å². The number of nitrogens with zero attached hydrogens (tertiary/aromatic N) is 1. The summed E-state index contributed by atoms with van der Waals surface area (Å²) >= 11 is 1.79. The minimum Gasteiger partial charge on any atom is -0.309 e. The molecule has 0 aliphatic carbocycles. The Balaban J connectivity index is 1.93. The third-order valence-corrected chi connectivity index (χ3v) is 4.05. The van der Waals surface area contributed by atoms with Crippen LogP contribution in [-0.2, 0) is 6.54 Å². The maximum Gasteiger partial charge on any atom is 0.0278 e. The van der Waals surface area contributed by atoms with Gasteiger partial charge in [-0.3, -0.25) is 4.90 Å². The molecule has 0 saturated carbocycles. The molecule has 1 aliphatic heterocycles. The minimum absolute atomic E-state index is 0.314. The second kappa shape index (κ2) is 4.64. The van der Waals surface area contributed by atoms with Crippen molar-refractivity contribution in [2.45, 2.75) is 32.4 Å². The van der Waals surface area contributed by atoms with Crippen molar-refractivity contribution in [1.29, 1.82) is 0 Å². The minimum atomic E-state index is 0.314. The van der Waals surface area contributed by atoms with Crippen LogP contribution in [0.1, 0.15) is 25.8 Å². The van der Waals surface area contributed by atoms with E-state index in [4.69, 9.17) is 0 Å². The van der Waals surface area contributed by atoms with Crippen molar-refractivity contribution in [3.05, 3.63) is 22.4 Å². The van der Waals surface area contributed by atoms with Crippen molar-refractivity contribution in [3.8, 4) is 0 Å². The van der Waals surface area contributed by atoms with E-state index < -0.39 is 0 Å². The summed E-state index contributed by atoms with van der Waals surface area (Å²) in [5, 5.41) is 8.03. The average Bonchev–Trinajstić information content (AvgIpc) is 2.71. The van der Waals surface area contributed by atoms with Crippen molar-refractivity contribution in [1.82, 2.24) is 10.2 Å². The highest BCUT2D eigenvalue weighted by Gasteiger charge is 2.28. The second-order valence-corrected chi connectivity index (χ2v) is 5.46. The van der Waals surface area contributed by atoms with E-state index in [9.17, 15) is 0 Å². The lowest BCUT2D eigenvalue weighted by Crippen LogP contribution is -2.57. The molecule has 0 amide bonds. The largest absolute Gasteiger partial charge is 0.309 e. The van der Waals surface area contributed by atoms with Crippen LogP contribution in [0.4, 0.5) is 0 Å². The zero-order valence-electron chi connectivity index (χ0n) is 9.62. The summed E-state index contributed by atoms with van der Waals surface area (Å²) in [7, 11) is 0. The standard InChI is InChI=1S/C12H20N2S/c1-3-12(2)10-14(6-5-13-12)8-11-4-7-15-9-11/h4,7,9,13H,3,5-6,8,10H2,1-2H3. The van der Waals surface area contributed by atoms with E-state index in [-0.39, 0.29) is 0 Å². The highest BCUT2D eigenvalue weighted by Crippen LogP contribution is 2.18. The molecule has 0 radical (unpaired) electrons. The fraction of sp³-hybridized carbons (Fsp3) is 0.667. The summed E-state index contributed by atoms with van der Waals surface area (Å²) < 4.78 is 0. The lowest BCUT2D eigenvalue weighted by Gasteiger charge is -2.41. The number of hydrogen-bond acceptors (Lipinski definition) is 3. The van der Waals surface area contributed by atoms with Crippen LogP contribution in [0.25, 0.3) is 0 Å². The summed E-state index contributed by atoms with van der Waals surface area (Å²) in [6, 6.07) is 2.23. The maximum absolute atomic E-state index is 3.62. The van der Waals surface area contributed by atoms with Crippen LogP contribution in [0.3, 0.4) is 0 Å². The summed E-state index contributed by atoms with van der Waals surface area (Å²) in [4.78, 5) is 2.56. The summed E-state index contributed by atoms with van der Waals surface area (Å²) in [6.07, 6.45) is 1.20. The van der Waals surface area contributed by atoms with Gasteiger partial charge in [0.2, 0.25) is 0 Å². The zero-order chi connectivity index (χ0) is 10.7. The van der Waals surface area contributed by atoms with Gasteiger partial charge in [-0.2, -0.15) is 11.3 Å². The predicted molar refractivity (Wildman–Crippen MR) is 66.3 cm³/mol. The molecule has 2 rings (SSSR count). The molecule has 2 nitrogen and oxygen atoms in total. The highest BCUT2D eigenvalue weighted by molar-refractivity contribution is 7.07. The summed E-state index contributed by atoms with van der Waals surface area (Å²) in [5.74, 6) is 0. The van der Waals surface area contributed by atoms with Crippen molar-refractivity contribution in [2.24, 2.45) is 0 Å².